The van der Waals surface area contributed by atoms with E-state index in [4.69, 9.17) is 22.7 Å². The zero-order valence-electron chi connectivity index (χ0n) is 7.02. The number of benzene rings is 1. The number of aromatic amines is 2. The topological polar surface area (TPSA) is 98.5 Å². The first-order valence-electron chi connectivity index (χ1n) is 3.84. The van der Waals surface area contributed by atoms with E-state index in [1.165, 1.54) is 0 Å². The number of rotatable bonds is 1. The molecule has 5 N–H and O–H groups in total. The highest BCUT2D eigenvalue weighted by Crippen LogP contribution is 2.20. The van der Waals surface area contributed by atoms with Crippen LogP contribution in [0.3, 0.4) is 0 Å². The summed E-state index contributed by atoms with van der Waals surface area (Å²) in [5.74, 6) is -0.126. The second kappa shape index (κ2) is 2.88. The average molecular weight is 211 g/mol. The van der Waals surface area contributed by atoms with Crippen LogP contribution in [0.4, 0.5) is 0 Å². The van der Waals surface area contributed by atoms with Crippen molar-refractivity contribution >= 4 is 28.5 Å². The molecule has 0 fully saturated rings. The van der Waals surface area contributed by atoms with E-state index in [9.17, 15) is 4.79 Å². The monoisotopic (exact) mass is 210 g/mol. The lowest BCUT2D eigenvalue weighted by atomic mass is 10.2. The van der Waals surface area contributed by atoms with Crippen molar-refractivity contribution < 1.29 is 0 Å². The molecule has 0 aliphatic heterocycles. The molecule has 0 saturated heterocycles. The van der Waals surface area contributed by atoms with Gasteiger partial charge in [0.15, 0.2) is 0 Å². The maximum absolute atomic E-state index is 10.9. The Bertz CT molecular complexity index is 568. The molecular weight excluding hydrogens is 204 g/mol. The molecule has 2 aromatic rings. The Morgan fingerprint density at radius 1 is 1.36 bits per heavy atom. The summed E-state index contributed by atoms with van der Waals surface area (Å²) in [6.45, 7) is 0. The minimum Gasteiger partial charge on any atom is -0.384 e. The highest BCUT2D eigenvalue weighted by atomic mass is 35.5. The second-order valence-electron chi connectivity index (χ2n) is 2.87. The summed E-state index contributed by atoms with van der Waals surface area (Å²) < 4.78 is 0. The van der Waals surface area contributed by atoms with Crippen molar-refractivity contribution in [1.29, 1.82) is 5.41 Å². The van der Waals surface area contributed by atoms with Gasteiger partial charge in [-0.3, -0.25) is 5.41 Å². The van der Waals surface area contributed by atoms with Gasteiger partial charge in [-0.05, 0) is 12.1 Å². The number of nitrogens with one attached hydrogen (secondary N) is 3. The summed E-state index contributed by atoms with van der Waals surface area (Å²) in [5.41, 5.74) is 6.60. The van der Waals surface area contributed by atoms with Crippen LogP contribution in [0.5, 0.6) is 0 Å². The molecule has 14 heavy (non-hydrogen) atoms. The molecule has 0 aliphatic rings. The fourth-order valence-electron chi connectivity index (χ4n) is 1.26. The molecule has 6 heteroatoms. The number of hydrogen-bond acceptors (Lipinski definition) is 2. The minimum atomic E-state index is -0.309. The van der Waals surface area contributed by atoms with E-state index in [0.29, 0.717) is 21.6 Å². The Labute approximate surface area is 83.4 Å². The molecule has 0 bridgehead atoms. The Morgan fingerprint density at radius 3 is 2.50 bits per heavy atom. The van der Waals surface area contributed by atoms with E-state index < -0.39 is 0 Å². The van der Waals surface area contributed by atoms with Gasteiger partial charge in [0.05, 0.1) is 16.1 Å². The largest absolute Gasteiger partial charge is 0.384 e. The number of fused-ring (bicyclic) bond motifs is 1. The van der Waals surface area contributed by atoms with Gasteiger partial charge in [-0.25, -0.2) is 4.79 Å². The predicted octanol–water partition coefficient (Wildman–Crippen LogP) is 0.794. The highest BCUT2D eigenvalue weighted by Gasteiger charge is 2.07. The summed E-state index contributed by atoms with van der Waals surface area (Å²) >= 11 is 5.85. The number of nitrogen functional groups attached to an aromatic ring is 1. The number of nitrogens with two attached hydrogens (primary N) is 1. The van der Waals surface area contributed by atoms with Crippen molar-refractivity contribution in [2.24, 2.45) is 5.73 Å². The highest BCUT2D eigenvalue weighted by molar-refractivity contribution is 6.34. The number of H-pyrrole nitrogens is 2. The number of aromatic nitrogens is 2. The maximum atomic E-state index is 10.9. The van der Waals surface area contributed by atoms with Crippen LogP contribution in [-0.4, -0.2) is 15.8 Å². The van der Waals surface area contributed by atoms with Crippen LogP contribution >= 0.6 is 11.6 Å². The Balaban J connectivity index is 2.82. The van der Waals surface area contributed by atoms with Gasteiger partial charge in [-0.2, -0.15) is 0 Å². The SMILES string of the molecule is N=C(N)c1cc2[nH]c(=O)[nH]c2cc1Cl. The van der Waals surface area contributed by atoms with Gasteiger partial charge in [-0.15, -0.1) is 0 Å². The summed E-state index contributed by atoms with van der Waals surface area (Å²) in [7, 11) is 0. The van der Waals surface area contributed by atoms with Gasteiger partial charge in [0.1, 0.15) is 5.84 Å². The standard InChI is InChI=1S/C8H7ClN4O/c9-4-2-6-5(12-8(14)13-6)1-3(4)7(10)11/h1-2H,(H3,10,11)(H2,12,13,14). The van der Waals surface area contributed by atoms with E-state index in [0.717, 1.165) is 0 Å². The van der Waals surface area contributed by atoms with Gasteiger partial charge in [0.25, 0.3) is 0 Å². The van der Waals surface area contributed by atoms with Crippen molar-refractivity contribution in [3.05, 3.63) is 33.2 Å². The fourth-order valence-corrected chi connectivity index (χ4v) is 1.53. The number of amidine groups is 1. The summed E-state index contributed by atoms with van der Waals surface area (Å²) in [5, 5.41) is 7.60. The lowest BCUT2D eigenvalue weighted by Crippen LogP contribution is -2.11. The molecule has 1 aromatic heterocycles. The quantitative estimate of drug-likeness (QED) is 0.413. The Kier molecular flexibility index (Phi) is 1.82. The van der Waals surface area contributed by atoms with E-state index in [-0.39, 0.29) is 11.5 Å². The Hall–Kier alpha value is -1.75. The van der Waals surface area contributed by atoms with Gasteiger partial charge in [0, 0.05) is 5.56 Å². The van der Waals surface area contributed by atoms with Crippen LogP contribution in [0.15, 0.2) is 16.9 Å². The molecule has 0 atom stereocenters. The molecule has 72 valence electrons. The molecule has 0 spiro atoms. The molecule has 2 rings (SSSR count). The van der Waals surface area contributed by atoms with Crippen molar-refractivity contribution in [3.63, 3.8) is 0 Å². The molecule has 0 aliphatic carbocycles. The average Bonchev–Trinajstić information content (AvgIpc) is 2.42. The van der Waals surface area contributed by atoms with E-state index in [1.54, 1.807) is 12.1 Å². The van der Waals surface area contributed by atoms with Crippen LogP contribution in [0.25, 0.3) is 11.0 Å². The van der Waals surface area contributed by atoms with Gasteiger partial charge >= 0.3 is 5.69 Å². The van der Waals surface area contributed by atoms with Crippen molar-refractivity contribution in [1.82, 2.24) is 9.97 Å². The van der Waals surface area contributed by atoms with Crippen LogP contribution in [-0.2, 0) is 0 Å². The first-order valence-corrected chi connectivity index (χ1v) is 4.21. The second-order valence-corrected chi connectivity index (χ2v) is 3.28. The first-order chi connectivity index (χ1) is 6.58. The predicted molar refractivity (Wildman–Crippen MR) is 54.9 cm³/mol. The van der Waals surface area contributed by atoms with Gasteiger partial charge < -0.3 is 15.7 Å². The van der Waals surface area contributed by atoms with Crippen LogP contribution in [0, 0.1) is 5.41 Å². The third kappa shape index (κ3) is 1.27. The molecule has 0 unspecified atom stereocenters. The van der Waals surface area contributed by atoms with E-state index in [1.807, 2.05) is 0 Å². The van der Waals surface area contributed by atoms with Crippen molar-refractivity contribution in [2.45, 2.75) is 0 Å². The zero-order valence-corrected chi connectivity index (χ0v) is 7.77. The van der Waals surface area contributed by atoms with Crippen LogP contribution in [0.1, 0.15) is 5.56 Å². The number of halogens is 1. The summed E-state index contributed by atoms with van der Waals surface area (Å²) in [6, 6.07) is 3.13. The lowest BCUT2D eigenvalue weighted by Gasteiger charge is -2.00. The van der Waals surface area contributed by atoms with E-state index >= 15 is 0 Å². The lowest BCUT2D eigenvalue weighted by molar-refractivity contribution is 1.21. The third-order valence-electron chi connectivity index (χ3n) is 1.89. The molecule has 1 aromatic carbocycles. The molecule has 0 radical (unpaired) electrons. The molecule has 0 saturated carbocycles. The summed E-state index contributed by atoms with van der Waals surface area (Å²) in [6.07, 6.45) is 0. The number of imidazole rings is 1. The molecular formula is C8H7ClN4O. The van der Waals surface area contributed by atoms with Crippen molar-refractivity contribution in [3.8, 4) is 0 Å². The normalized spacial score (nSPS) is 10.6. The van der Waals surface area contributed by atoms with Crippen molar-refractivity contribution in [2.75, 3.05) is 0 Å². The van der Waals surface area contributed by atoms with Crippen LogP contribution in [0.2, 0.25) is 5.02 Å². The first kappa shape index (κ1) is 8.83. The number of hydrogen-bond donors (Lipinski definition) is 4. The van der Waals surface area contributed by atoms with E-state index in [2.05, 4.69) is 9.97 Å². The van der Waals surface area contributed by atoms with Gasteiger partial charge in [0.2, 0.25) is 0 Å². The zero-order chi connectivity index (χ0) is 10.3. The van der Waals surface area contributed by atoms with Gasteiger partial charge in [-0.1, -0.05) is 11.6 Å². The third-order valence-corrected chi connectivity index (χ3v) is 2.21. The summed E-state index contributed by atoms with van der Waals surface area (Å²) in [4.78, 5) is 16.1. The van der Waals surface area contributed by atoms with Crippen LogP contribution < -0.4 is 11.4 Å². The minimum absolute atomic E-state index is 0.126. The smallest absolute Gasteiger partial charge is 0.323 e. The molecule has 0 amide bonds. The Morgan fingerprint density at radius 2 is 1.93 bits per heavy atom. The maximum Gasteiger partial charge on any atom is 0.323 e. The molecule has 1 heterocycles. The molecule has 5 nitrogen and oxygen atoms in total. The fraction of sp³-hybridized carbons (Fsp3) is 0.